The van der Waals surface area contributed by atoms with Crippen molar-refractivity contribution in [1.82, 2.24) is 15.2 Å². The zero-order valence-electron chi connectivity index (χ0n) is 14.1. The molecule has 1 saturated heterocycles. The summed E-state index contributed by atoms with van der Waals surface area (Å²) in [6.45, 7) is 7.36. The minimum Gasteiger partial charge on any atom is -0.348 e. The highest BCUT2D eigenvalue weighted by molar-refractivity contribution is 7.11. The first-order valence-electron chi connectivity index (χ1n) is 8.48. The van der Waals surface area contributed by atoms with Crippen LogP contribution in [-0.4, -0.2) is 34.8 Å². The maximum atomic E-state index is 12.6. The first kappa shape index (κ1) is 16.4. The fourth-order valence-corrected chi connectivity index (χ4v) is 4.26. The first-order chi connectivity index (χ1) is 11.0. The van der Waals surface area contributed by atoms with Crippen LogP contribution in [0.4, 0.5) is 0 Å². The number of amides is 2. The molecule has 6 heteroatoms. The molecule has 2 fully saturated rings. The number of aromatic nitrogens is 1. The number of hydrogen-bond acceptors (Lipinski definition) is 4. The SMILES string of the molecule is Cc1nc(C)c([C@@H](C)NC(=O)[C@H]2CCCN(C(=O)C3CC3)C2)s1. The fraction of sp³-hybridized carbons (Fsp3) is 0.706. The van der Waals surface area contributed by atoms with E-state index in [2.05, 4.69) is 10.3 Å². The van der Waals surface area contributed by atoms with E-state index in [9.17, 15) is 9.59 Å². The molecule has 2 atom stereocenters. The highest BCUT2D eigenvalue weighted by atomic mass is 32.1. The van der Waals surface area contributed by atoms with Gasteiger partial charge in [-0.2, -0.15) is 0 Å². The number of nitrogens with one attached hydrogen (secondary N) is 1. The van der Waals surface area contributed by atoms with Crippen molar-refractivity contribution in [2.45, 2.75) is 52.5 Å². The van der Waals surface area contributed by atoms with Crippen molar-refractivity contribution in [2.24, 2.45) is 11.8 Å². The highest BCUT2D eigenvalue weighted by Gasteiger charge is 2.36. The molecule has 5 nitrogen and oxygen atoms in total. The van der Waals surface area contributed by atoms with Gasteiger partial charge in [0.1, 0.15) is 0 Å². The fourth-order valence-electron chi connectivity index (χ4n) is 3.33. The summed E-state index contributed by atoms with van der Waals surface area (Å²) in [6.07, 6.45) is 3.83. The molecule has 23 heavy (non-hydrogen) atoms. The standard InChI is InChI=1S/C17H25N3O2S/c1-10-15(23-12(3)18-10)11(2)19-16(21)14-5-4-8-20(9-14)17(22)13-6-7-13/h11,13-14H,4-9H2,1-3H3,(H,19,21)/t11-,14+/m1/s1. The quantitative estimate of drug-likeness (QED) is 0.920. The lowest BCUT2D eigenvalue weighted by atomic mass is 9.96. The van der Waals surface area contributed by atoms with Crippen LogP contribution in [-0.2, 0) is 9.59 Å². The van der Waals surface area contributed by atoms with Gasteiger partial charge in [0.15, 0.2) is 0 Å². The van der Waals surface area contributed by atoms with Gasteiger partial charge in [0.05, 0.1) is 22.7 Å². The number of piperidine rings is 1. The van der Waals surface area contributed by atoms with Crippen molar-refractivity contribution in [3.8, 4) is 0 Å². The Bertz CT molecular complexity index is 609. The largest absolute Gasteiger partial charge is 0.348 e. The Kier molecular flexibility index (Phi) is 4.71. The summed E-state index contributed by atoms with van der Waals surface area (Å²) in [4.78, 5) is 32.2. The van der Waals surface area contributed by atoms with Crippen LogP contribution in [0.15, 0.2) is 0 Å². The van der Waals surface area contributed by atoms with Crippen LogP contribution in [0.3, 0.4) is 0 Å². The number of rotatable bonds is 4. The Hall–Kier alpha value is -1.43. The van der Waals surface area contributed by atoms with Crippen molar-refractivity contribution >= 4 is 23.2 Å². The predicted octanol–water partition coefficient (Wildman–Crippen LogP) is 2.59. The van der Waals surface area contributed by atoms with Crippen molar-refractivity contribution < 1.29 is 9.59 Å². The zero-order chi connectivity index (χ0) is 16.6. The van der Waals surface area contributed by atoms with Gasteiger partial charge in [-0.25, -0.2) is 4.98 Å². The maximum Gasteiger partial charge on any atom is 0.225 e. The van der Waals surface area contributed by atoms with E-state index < -0.39 is 0 Å². The highest BCUT2D eigenvalue weighted by Crippen LogP contribution is 2.32. The van der Waals surface area contributed by atoms with Crippen LogP contribution < -0.4 is 5.32 Å². The number of carbonyl (C=O) groups is 2. The van der Waals surface area contributed by atoms with E-state index in [-0.39, 0.29) is 29.7 Å². The van der Waals surface area contributed by atoms with Crippen LogP contribution >= 0.6 is 11.3 Å². The van der Waals surface area contributed by atoms with Gasteiger partial charge in [0.2, 0.25) is 11.8 Å². The Balaban J connectivity index is 1.58. The van der Waals surface area contributed by atoms with Crippen molar-refractivity contribution in [3.05, 3.63) is 15.6 Å². The van der Waals surface area contributed by atoms with Crippen LogP contribution in [0.5, 0.6) is 0 Å². The van der Waals surface area contributed by atoms with E-state index in [0.29, 0.717) is 6.54 Å². The monoisotopic (exact) mass is 335 g/mol. The van der Waals surface area contributed by atoms with E-state index in [1.54, 1.807) is 11.3 Å². The molecule has 1 saturated carbocycles. The molecule has 2 heterocycles. The summed E-state index contributed by atoms with van der Waals surface area (Å²) >= 11 is 1.64. The second-order valence-electron chi connectivity index (χ2n) is 6.81. The topological polar surface area (TPSA) is 62.3 Å². The van der Waals surface area contributed by atoms with Crippen molar-refractivity contribution in [2.75, 3.05) is 13.1 Å². The number of carbonyl (C=O) groups excluding carboxylic acids is 2. The van der Waals surface area contributed by atoms with Gasteiger partial charge in [0.25, 0.3) is 0 Å². The van der Waals surface area contributed by atoms with Crippen LogP contribution in [0.2, 0.25) is 0 Å². The van der Waals surface area contributed by atoms with E-state index in [1.807, 2.05) is 25.7 Å². The molecule has 1 aromatic rings. The smallest absolute Gasteiger partial charge is 0.225 e. The van der Waals surface area contributed by atoms with Gasteiger partial charge in [-0.1, -0.05) is 0 Å². The molecular weight excluding hydrogens is 310 g/mol. The third-order valence-electron chi connectivity index (χ3n) is 4.72. The molecule has 1 aliphatic heterocycles. The van der Waals surface area contributed by atoms with Gasteiger partial charge in [-0.3, -0.25) is 9.59 Å². The number of hydrogen-bond donors (Lipinski definition) is 1. The van der Waals surface area contributed by atoms with Crippen LogP contribution in [0, 0.1) is 25.7 Å². The lowest BCUT2D eigenvalue weighted by Gasteiger charge is -2.32. The number of nitrogens with zero attached hydrogens (tertiary/aromatic N) is 2. The van der Waals surface area contributed by atoms with Gasteiger partial charge >= 0.3 is 0 Å². The summed E-state index contributed by atoms with van der Waals surface area (Å²) in [6, 6.07) is -0.0248. The van der Waals surface area contributed by atoms with Gasteiger partial charge in [0, 0.05) is 23.9 Å². The lowest BCUT2D eigenvalue weighted by molar-refractivity contribution is -0.137. The second kappa shape index (κ2) is 6.59. The zero-order valence-corrected chi connectivity index (χ0v) is 14.9. The Labute approximate surface area is 141 Å². The molecule has 1 N–H and O–H groups in total. The Morgan fingerprint density at radius 1 is 1.26 bits per heavy atom. The Morgan fingerprint density at radius 2 is 2.00 bits per heavy atom. The van der Waals surface area contributed by atoms with Gasteiger partial charge < -0.3 is 10.2 Å². The lowest BCUT2D eigenvalue weighted by Crippen LogP contribution is -2.46. The summed E-state index contributed by atoms with van der Waals surface area (Å²) in [5, 5.41) is 4.14. The third kappa shape index (κ3) is 3.74. The molecule has 2 amide bonds. The molecule has 0 unspecified atom stereocenters. The van der Waals surface area contributed by atoms with E-state index in [4.69, 9.17) is 0 Å². The van der Waals surface area contributed by atoms with E-state index in [0.717, 1.165) is 47.8 Å². The predicted molar refractivity (Wildman–Crippen MR) is 90.2 cm³/mol. The summed E-state index contributed by atoms with van der Waals surface area (Å²) < 4.78 is 0. The summed E-state index contributed by atoms with van der Waals surface area (Å²) in [5.41, 5.74) is 0.995. The van der Waals surface area contributed by atoms with Crippen molar-refractivity contribution in [3.63, 3.8) is 0 Å². The molecule has 0 radical (unpaired) electrons. The second-order valence-corrected chi connectivity index (χ2v) is 8.05. The molecule has 0 bridgehead atoms. The van der Waals surface area contributed by atoms with Crippen molar-refractivity contribution in [1.29, 1.82) is 0 Å². The molecule has 0 spiro atoms. The van der Waals surface area contributed by atoms with Crippen LogP contribution in [0.25, 0.3) is 0 Å². The van der Waals surface area contributed by atoms with Gasteiger partial charge in [-0.15, -0.1) is 11.3 Å². The van der Waals surface area contributed by atoms with Gasteiger partial charge in [-0.05, 0) is 46.5 Å². The molecule has 2 aliphatic rings. The summed E-state index contributed by atoms with van der Waals surface area (Å²) in [5.74, 6) is 0.475. The normalized spacial score (nSPS) is 22.7. The molecule has 1 aromatic heterocycles. The Morgan fingerprint density at radius 3 is 2.61 bits per heavy atom. The molecule has 1 aliphatic carbocycles. The maximum absolute atomic E-state index is 12.6. The van der Waals surface area contributed by atoms with E-state index >= 15 is 0 Å². The minimum absolute atomic E-state index is 0.0248. The molecule has 3 rings (SSSR count). The molecule has 0 aromatic carbocycles. The minimum atomic E-state index is -0.0803. The first-order valence-corrected chi connectivity index (χ1v) is 9.30. The third-order valence-corrected chi connectivity index (χ3v) is 5.98. The van der Waals surface area contributed by atoms with E-state index in [1.165, 1.54) is 0 Å². The number of aryl methyl sites for hydroxylation is 2. The average Bonchev–Trinajstić information content (AvgIpc) is 3.31. The molecular formula is C17H25N3O2S. The number of likely N-dealkylation sites (tertiary alicyclic amines) is 1. The summed E-state index contributed by atoms with van der Waals surface area (Å²) in [7, 11) is 0. The molecule has 126 valence electrons. The van der Waals surface area contributed by atoms with Crippen LogP contribution in [0.1, 0.15) is 54.2 Å². The average molecular weight is 335 g/mol. The number of thiazole rings is 1.